The van der Waals surface area contributed by atoms with Gasteiger partial charge in [-0.05, 0) is 25.7 Å². The molecular formula is C20H37N5O3. The number of ether oxygens (including phenoxy) is 2. The van der Waals surface area contributed by atoms with Crippen LogP contribution in [0.25, 0.3) is 0 Å². The smallest absolute Gasteiger partial charge is 0.251 e. The summed E-state index contributed by atoms with van der Waals surface area (Å²) in [5.41, 5.74) is 0. The van der Waals surface area contributed by atoms with Gasteiger partial charge in [-0.2, -0.15) is 0 Å². The second-order valence-corrected chi connectivity index (χ2v) is 8.03. The van der Waals surface area contributed by atoms with Crippen LogP contribution in [0.4, 0.5) is 0 Å². The van der Waals surface area contributed by atoms with Crippen LogP contribution in [0.15, 0.2) is 4.99 Å². The number of amides is 1. The van der Waals surface area contributed by atoms with Crippen molar-refractivity contribution in [3.05, 3.63) is 0 Å². The predicted octanol–water partition coefficient (Wildman–Crippen LogP) is 0.243. The van der Waals surface area contributed by atoms with E-state index in [9.17, 15) is 4.79 Å². The van der Waals surface area contributed by atoms with Gasteiger partial charge in [0.2, 0.25) is 0 Å². The SMILES string of the molecule is CCNC(=NCC(C)CN1CCOCC1)N1CCN(C(=O)C2CCCO2)CC1. The van der Waals surface area contributed by atoms with Crippen LogP contribution >= 0.6 is 0 Å². The molecule has 0 radical (unpaired) electrons. The monoisotopic (exact) mass is 395 g/mol. The molecule has 160 valence electrons. The van der Waals surface area contributed by atoms with E-state index in [4.69, 9.17) is 14.5 Å². The lowest BCUT2D eigenvalue weighted by Gasteiger charge is -2.37. The first-order valence-corrected chi connectivity index (χ1v) is 10.9. The van der Waals surface area contributed by atoms with Gasteiger partial charge in [0.05, 0.1) is 13.2 Å². The number of carbonyl (C=O) groups is 1. The third kappa shape index (κ3) is 6.06. The van der Waals surface area contributed by atoms with Crippen LogP contribution in [-0.4, -0.2) is 111 Å². The van der Waals surface area contributed by atoms with Gasteiger partial charge < -0.3 is 24.6 Å². The molecule has 1 amide bonds. The lowest BCUT2D eigenvalue weighted by molar-refractivity contribution is -0.142. The van der Waals surface area contributed by atoms with Gasteiger partial charge in [-0.1, -0.05) is 6.92 Å². The van der Waals surface area contributed by atoms with Crippen molar-refractivity contribution in [1.29, 1.82) is 0 Å². The Morgan fingerprint density at radius 2 is 1.82 bits per heavy atom. The first kappa shape index (κ1) is 21.3. The molecule has 2 atom stereocenters. The fraction of sp³-hybridized carbons (Fsp3) is 0.900. The van der Waals surface area contributed by atoms with Crippen LogP contribution in [0, 0.1) is 5.92 Å². The van der Waals surface area contributed by atoms with Crippen LogP contribution in [0.2, 0.25) is 0 Å². The number of hydrogen-bond donors (Lipinski definition) is 1. The molecule has 0 aromatic rings. The summed E-state index contributed by atoms with van der Waals surface area (Å²) in [5, 5.41) is 3.42. The molecule has 0 spiro atoms. The summed E-state index contributed by atoms with van der Waals surface area (Å²) in [6.45, 7) is 14.7. The summed E-state index contributed by atoms with van der Waals surface area (Å²) in [4.78, 5) is 24.1. The summed E-state index contributed by atoms with van der Waals surface area (Å²) < 4.78 is 11.0. The van der Waals surface area contributed by atoms with E-state index >= 15 is 0 Å². The molecule has 3 rings (SSSR count). The molecule has 0 saturated carbocycles. The Hall–Kier alpha value is -1.38. The lowest BCUT2D eigenvalue weighted by Crippen LogP contribution is -2.55. The van der Waals surface area contributed by atoms with Crippen LogP contribution in [0.1, 0.15) is 26.7 Å². The van der Waals surface area contributed by atoms with E-state index in [2.05, 4.69) is 29.0 Å². The number of morpholine rings is 1. The largest absolute Gasteiger partial charge is 0.379 e. The van der Waals surface area contributed by atoms with E-state index in [1.807, 2.05) is 4.90 Å². The summed E-state index contributed by atoms with van der Waals surface area (Å²) >= 11 is 0. The number of guanidine groups is 1. The van der Waals surface area contributed by atoms with E-state index in [1.54, 1.807) is 0 Å². The van der Waals surface area contributed by atoms with Crippen molar-refractivity contribution in [3.63, 3.8) is 0 Å². The molecule has 0 aromatic heterocycles. The molecule has 3 aliphatic rings. The normalized spacial score (nSPS) is 25.8. The molecule has 28 heavy (non-hydrogen) atoms. The molecule has 1 N–H and O–H groups in total. The van der Waals surface area contributed by atoms with Crippen molar-refractivity contribution in [2.45, 2.75) is 32.8 Å². The Morgan fingerprint density at radius 3 is 2.46 bits per heavy atom. The maximum absolute atomic E-state index is 12.5. The number of nitrogens with zero attached hydrogens (tertiary/aromatic N) is 4. The molecule has 2 unspecified atom stereocenters. The van der Waals surface area contributed by atoms with Crippen molar-refractivity contribution in [2.24, 2.45) is 10.9 Å². The average Bonchev–Trinajstić information content (AvgIpc) is 3.26. The Labute approximate surface area is 169 Å². The second-order valence-electron chi connectivity index (χ2n) is 8.03. The highest BCUT2D eigenvalue weighted by molar-refractivity contribution is 5.82. The molecule has 0 bridgehead atoms. The van der Waals surface area contributed by atoms with Crippen molar-refractivity contribution in [2.75, 3.05) is 78.7 Å². The quantitative estimate of drug-likeness (QED) is 0.513. The third-order valence-electron chi connectivity index (χ3n) is 5.66. The maximum Gasteiger partial charge on any atom is 0.251 e. The number of piperazine rings is 1. The molecule has 3 saturated heterocycles. The first-order valence-electron chi connectivity index (χ1n) is 10.9. The van der Waals surface area contributed by atoms with Crippen LogP contribution < -0.4 is 5.32 Å². The van der Waals surface area contributed by atoms with Gasteiger partial charge in [-0.25, -0.2) is 0 Å². The zero-order chi connectivity index (χ0) is 19.8. The molecule has 0 aromatic carbocycles. The molecule has 0 aliphatic carbocycles. The van der Waals surface area contributed by atoms with Gasteiger partial charge in [0.25, 0.3) is 5.91 Å². The van der Waals surface area contributed by atoms with Gasteiger partial charge in [-0.15, -0.1) is 0 Å². The number of rotatable bonds is 6. The van der Waals surface area contributed by atoms with E-state index in [-0.39, 0.29) is 12.0 Å². The standard InChI is InChI=1S/C20H37N5O3/c1-3-21-20(22-15-17(2)16-23-10-13-27-14-11-23)25-8-6-24(7-9-25)19(26)18-5-4-12-28-18/h17-18H,3-16H2,1-2H3,(H,21,22). The molecule has 3 heterocycles. The minimum atomic E-state index is -0.213. The number of aliphatic imine (C=N–C) groups is 1. The molecule has 3 fully saturated rings. The molecular weight excluding hydrogens is 358 g/mol. The fourth-order valence-electron chi connectivity index (χ4n) is 4.07. The zero-order valence-corrected chi connectivity index (χ0v) is 17.6. The van der Waals surface area contributed by atoms with Crippen molar-refractivity contribution in [1.82, 2.24) is 20.0 Å². The van der Waals surface area contributed by atoms with Gasteiger partial charge in [0.15, 0.2) is 5.96 Å². The molecule has 3 aliphatic heterocycles. The van der Waals surface area contributed by atoms with E-state index in [0.29, 0.717) is 5.92 Å². The van der Waals surface area contributed by atoms with Crippen molar-refractivity contribution in [3.8, 4) is 0 Å². The third-order valence-corrected chi connectivity index (χ3v) is 5.66. The van der Waals surface area contributed by atoms with E-state index < -0.39 is 0 Å². The second kappa shape index (κ2) is 11.0. The molecule has 8 heteroatoms. The van der Waals surface area contributed by atoms with Crippen LogP contribution in [0.3, 0.4) is 0 Å². The summed E-state index contributed by atoms with van der Waals surface area (Å²) in [6, 6.07) is 0. The minimum Gasteiger partial charge on any atom is -0.379 e. The van der Waals surface area contributed by atoms with Gasteiger partial charge in [0, 0.05) is 65.5 Å². The van der Waals surface area contributed by atoms with Crippen molar-refractivity contribution < 1.29 is 14.3 Å². The number of hydrogen-bond acceptors (Lipinski definition) is 5. The Balaban J connectivity index is 1.46. The Morgan fingerprint density at radius 1 is 1.11 bits per heavy atom. The lowest BCUT2D eigenvalue weighted by atomic mass is 10.1. The molecule has 8 nitrogen and oxygen atoms in total. The van der Waals surface area contributed by atoms with Gasteiger partial charge in [0.1, 0.15) is 6.10 Å². The van der Waals surface area contributed by atoms with Crippen molar-refractivity contribution >= 4 is 11.9 Å². The highest BCUT2D eigenvalue weighted by Gasteiger charge is 2.31. The number of nitrogens with one attached hydrogen (secondary N) is 1. The van der Waals surface area contributed by atoms with E-state index in [0.717, 1.165) is 97.5 Å². The fourth-order valence-corrected chi connectivity index (χ4v) is 4.07. The maximum atomic E-state index is 12.5. The minimum absolute atomic E-state index is 0.165. The van der Waals surface area contributed by atoms with Crippen LogP contribution in [0.5, 0.6) is 0 Å². The van der Waals surface area contributed by atoms with Crippen LogP contribution in [-0.2, 0) is 14.3 Å². The Kier molecular flexibility index (Phi) is 8.36. The number of carbonyl (C=O) groups excluding carboxylic acids is 1. The predicted molar refractivity (Wildman–Crippen MR) is 110 cm³/mol. The zero-order valence-electron chi connectivity index (χ0n) is 17.6. The van der Waals surface area contributed by atoms with Gasteiger partial charge >= 0.3 is 0 Å². The highest BCUT2D eigenvalue weighted by Crippen LogP contribution is 2.16. The summed E-state index contributed by atoms with van der Waals surface area (Å²) in [5.74, 6) is 1.65. The highest BCUT2D eigenvalue weighted by atomic mass is 16.5. The topological polar surface area (TPSA) is 69.6 Å². The Bertz CT molecular complexity index is 510. The summed E-state index contributed by atoms with van der Waals surface area (Å²) in [7, 11) is 0. The van der Waals surface area contributed by atoms with E-state index in [1.165, 1.54) is 0 Å². The van der Waals surface area contributed by atoms with Gasteiger partial charge in [-0.3, -0.25) is 14.7 Å². The summed E-state index contributed by atoms with van der Waals surface area (Å²) in [6.07, 6.45) is 1.65. The average molecular weight is 396 g/mol. The first-order chi connectivity index (χ1) is 13.7.